The van der Waals surface area contributed by atoms with Gasteiger partial charge in [-0.05, 0) is 39.2 Å². The van der Waals surface area contributed by atoms with Crippen LogP contribution in [0.2, 0.25) is 0 Å². The second kappa shape index (κ2) is 5.83. The van der Waals surface area contributed by atoms with Gasteiger partial charge < -0.3 is 9.84 Å². The predicted octanol–water partition coefficient (Wildman–Crippen LogP) is 1.50. The molecule has 0 amide bonds. The van der Waals surface area contributed by atoms with Crippen LogP contribution >= 0.6 is 0 Å². The lowest BCUT2D eigenvalue weighted by Crippen LogP contribution is -2.49. The van der Waals surface area contributed by atoms with Crippen LogP contribution in [0.1, 0.15) is 33.1 Å². The van der Waals surface area contributed by atoms with E-state index in [-0.39, 0.29) is 6.10 Å². The number of rotatable bonds is 4. The van der Waals surface area contributed by atoms with Crippen LogP contribution in [0.5, 0.6) is 0 Å². The van der Waals surface area contributed by atoms with Gasteiger partial charge in [-0.3, -0.25) is 4.90 Å². The van der Waals surface area contributed by atoms with Gasteiger partial charge in [-0.1, -0.05) is 6.92 Å². The molecule has 0 radical (unpaired) electrons. The lowest BCUT2D eigenvalue weighted by atomic mass is 9.84. The summed E-state index contributed by atoms with van der Waals surface area (Å²) < 4.78 is 5.15. The normalized spacial score (nSPS) is 34.4. The molecule has 3 heteroatoms. The molecule has 1 rings (SSSR count). The van der Waals surface area contributed by atoms with E-state index in [0.29, 0.717) is 12.1 Å². The van der Waals surface area contributed by atoms with E-state index in [0.717, 1.165) is 31.8 Å². The first-order valence-corrected chi connectivity index (χ1v) is 5.95. The summed E-state index contributed by atoms with van der Waals surface area (Å²) in [5.74, 6) is 0.732. The fourth-order valence-corrected chi connectivity index (χ4v) is 2.46. The Morgan fingerprint density at radius 2 is 2.13 bits per heavy atom. The van der Waals surface area contributed by atoms with Crippen molar-refractivity contribution in [1.82, 2.24) is 4.90 Å². The number of ether oxygens (including phenoxy) is 1. The molecule has 1 aliphatic carbocycles. The molecule has 0 saturated heterocycles. The van der Waals surface area contributed by atoms with Crippen molar-refractivity contribution in [3.05, 3.63) is 0 Å². The Labute approximate surface area is 93.4 Å². The van der Waals surface area contributed by atoms with Crippen LogP contribution < -0.4 is 0 Å². The first kappa shape index (κ1) is 12.9. The van der Waals surface area contributed by atoms with Crippen LogP contribution in [0.25, 0.3) is 0 Å². The van der Waals surface area contributed by atoms with E-state index in [1.165, 1.54) is 0 Å². The highest BCUT2D eigenvalue weighted by molar-refractivity contribution is 4.86. The highest BCUT2D eigenvalue weighted by Crippen LogP contribution is 2.28. The zero-order valence-electron chi connectivity index (χ0n) is 10.4. The molecule has 0 spiro atoms. The van der Waals surface area contributed by atoms with Gasteiger partial charge in [-0.15, -0.1) is 0 Å². The lowest BCUT2D eigenvalue weighted by Gasteiger charge is -2.40. The molecule has 0 aliphatic heterocycles. The fraction of sp³-hybridized carbons (Fsp3) is 1.00. The van der Waals surface area contributed by atoms with E-state index in [1.807, 2.05) is 0 Å². The Balaban J connectivity index is 2.51. The molecule has 4 atom stereocenters. The predicted molar refractivity (Wildman–Crippen MR) is 61.9 cm³/mol. The number of likely N-dealkylation sites (N-methyl/N-ethyl adjacent to an activating group) is 1. The lowest BCUT2D eigenvalue weighted by molar-refractivity contribution is -0.0124. The average molecular weight is 215 g/mol. The van der Waals surface area contributed by atoms with Gasteiger partial charge in [-0.2, -0.15) is 0 Å². The van der Waals surface area contributed by atoms with E-state index in [2.05, 4.69) is 25.8 Å². The second-order valence-corrected chi connectivity index (χ2v) is 5.02. The van der Waals surface area contributed by atoms with Crippen LogP contribution in [0.15, 0.2) is 0 Å². The van der Waals surface area contributed by atoms with Crippen molar-refractivity contribution in [3.8, 4) is 0 Å². The third-order valence-corrected chi connectivity index (χ3v) is 3.67. The summed E-state index contributed by atoms with van der Waals surface area (Å²) in [7, 11) is 3.82. The van der Waals surface area contributed by atoms with E-state index in [9.17, 15) is 5.11 Å². The zero-order chi connectivity index (χ0) is 11.4. The molecular weight excluding hydrogens is 190 g/mol. The molecule has 4 unspecified atom stereocenters. The molecule has 15 heavy (non-hydrogen) atoms. The summed E-state index contributed by atoms with van der Waals surface area (Å²) in [6.45, 7) is 5.15. The van der Waals surface area contributed by atoms with Crippen molar-refractivity contribution >= 4 is 0 Å². The Hall–Kier alpha value is -0.120. The smallest absolute Gasteiger partial charge is 0.0695 e. The molecular formula is C12H25NO2. The second-order valence-electron chi connectivity index (χ2n) is 5.02. The minimum absolute atomic E-state index is 0.162. The SMILES string of the molecule is COCC(C)N(C)C1CC(C)CCC1O. The maximum absolute atomic E-state index is 9.99. The number of aliphatic hydroxyl groups is 1. The van der Waals surface area contributed by atoms with Gasteiger partial charge in [0.25, 0.3) is 0 Å². The Morgan fingerprint density at radius 3 is 2.73 bits per heavy atom. The van der Waals surface area contributed by atoms with Gasteiger partial charge in [0.05, 0.1) is 12.7 Å². The summed E-state index contributed by atoms with van der Waals surface area (Å²) in [6.07, 6.45) is 3.04. The molecule has 1 fully saturated rings. The van der Waals surface area contributed by atoms with Crippen molar-refractivity contribution in [2.75, 3.05) is 20.8 Å². The minimum atomic E-state index is -0.162. The molecule has 0 aromatic carbocycles. The van der Waals surface area contributed by atoms with E-state index in [4.69, 9.17) is 4.74 Å². The first-order chi connectivity index (χ1) is 7.06. The minimum Gasteiger partial charge on any atom is -0.391 e. The molecule has 1 saturated carbocycles. The number of methoxy groups -OCH3 is 1. The number of hydrogen-bond acceptors (Lipinski definition) is 3. The van der Waals surface area contributed by atoms with Gasteiger partial charge in [-0.25, -0.2) is 0 Å². The summed E-state index contributed by atoms with van der Waals surface area (Å²) >= 11 is 0. The standard InChI is InChI=1S/C12H25NO2/c1-9-5-6-12(14)11(7-9)13(3)10(2)8-15-4/h9-12,14H,5-8H2,1-4H3. The van der Waals surface area contributed by atoms with Gasteiger partial charge in [0.2, 0.25) is 0 Å². The molecule has 3 nitrogen and oxygen atoms in total. The van der Waals surface area contributed by atoms with Crippen molar-refractivity contribution < 1.29 is 9.84 Å². The molecule has 0 aromatic heterocycles. The highest BCUT2D eigenvalue weighted by atomic mass is 16.5. The van der Waals surface area contributed by atoms with Crippen LogP contribution in [-0.2, 0) is 4.74 Å². The Morgan fingerprint density at radius 1 is 1.47 bits per heavy atom. The average Bonchev–Trinajstić information content (AvgIpc) is 2.21. The first-order valence-electron chi connectivity index (χ1n) is 5.95. The molecule has 1 aliphatic rings. The summed E-state index contributed by atoms with van der Waals surface area (Å²) in [5.41, 5.74) is 0. The van der Waals surface area contributed by atoms with E-state index < -0.39 is 0 Å². The van der Waals surface area contributed by atoms with Gasteiger partial charge >= 0.3 is 0 Å². The molecule has 0 bridgehead atoms. The maximum Gasteiger partial charge on any atom is 0.0695 e. The fourth-order valence-electron chi connectivity index (χ4n) is 2.46. The van der Waals surface area contributed by atoms with Crippen molar-refractivity contribution in [2.24, 2.45) is 5.92 Å². The number of aliphatic hydroxyl groups excluding tert-OH is 1. The summed E-state index contributed by atoms with van der Waals surface area (Å²) in [6, 6.07) is 0.679. The Bertz CT molecular complexity index is 186. The van der Waals surface area contributed by atoms with Crippen LogP contribution in [0.3, 0.4) is 0 Å². The maximum atomic E-state index is 9.99. The molecule has 90 valence electrons. The Kier molecular flexibility index (Phi) is 5.03. The molecule has 0 heterocycles. The number of hydrogen-bond donors (Lipinski definition) is 1. The molecule has 1 N–H and O–H groups in total. The third-order valence-electron chi connectivity index (χ3n) is 3.67. The topological polar surface area (TPSA) is 32.7 Å². The van der Waals surface area contributed by atoms with Crippen LogP contribution in [0, 0.1) is 5.92 Å². The van der Waals surface area contributed by atoms with E-state index in [1.54, 1.807) is 7.11 Å². The van der Waals surface area contributed by atoms with Gasteiger partial charge in [0.1, 0.15) is 0 Å². The van der Waals surface area contributed by atoms with E-state index >= 15 is 0 Å². The quantitative estimate of drug-likeness (QED) is 0.771. The van der Waals surface area contributed by atoms with Crippen molar-refractivity contribution in [2.45, 2.75) is 51.3 Å². The summed E-state index contributed by atoms with van der Waals surface area (Å²) in [5, 5.41) is 9.99. The van der Waals surface area contributed by atoms with Crippen molar-refractivity contribution in [1.29, 1.82) is 0 Å². The largest absolute Gasteiger partial charge is 0.391 e. The number of nitrogens with zero attached hydrogens (tertiary/aromatic N) is 1. The van der Waals surface area contributed by atoms with Gasteiger partial charge in [0.15, 0.2) is 0 Å². The highest BCUT2D eigenvalue weighted by Gasteiger charge is 2.31. The van der Waals surface area contributed by atoms with Crippen molar-refractivity contribution in [3.63, 3.8) is 0 Å². The monoisotopic (exact) mass is 215 g/mol. The third kappa shape index (κ3) is 3.44. The zero-order valence-corrected chi connectivity index (χ0v) is 10.4. The summed E-state index contributed by atoms with van der Waals surface area (Å²) in [4.78, 5) is 2.27. The molecule has 0 aromatic rings. The van der Waals surface area contributed by atoms with Crippen LogP contribution in [0.4, 0.5) is 0 Å². The van der Waals surface area contributed by atoms with Gasteiger partial charge in [0, 0.05) is 19.2 Å². The van der Waals surface area contributed by atoms with Crippen LogP contribution in [-0.4, -0.2) is 49.0 Å².